The summed E-state index contributed by atoms with van der Waals surface area (Å²) >= 11 is 0. The molecular formula is C10H12F2. The molecule has 0 heterocycles. The maximum absolute atomic E-state index is 13.1. The Morgan fingerprint density at radius 1 is 1.33 bits per heavy atom. The molecule has 1 rings (SSSR count). The molecule has 0 amide bonds. The Bertz CT molecular complexity index is 267. The summed E-state index contributed by atoms with van der Waals surface area (Å²) in [5.74, 6) is -0.154. The molecule has 66 valence electrons. The van der Waals surface area contributed by atoms with Gasteiger partial charge in [-0.15, -0.1) is 0 Å². The summed E-state index contributed by atoms with van der Waals surface area (Å²) in [7, 11) is 0. The quantitative estimate of drug-likeness (QED) is 0.638. The van der Waals surface area contributed by atoms with Gasteiger partial charge in [0.15, 0.2) is 0 Å². The molecule has 0 aromatic heterocycles. The van der Waals surface area contributed by atoms with E-state index in [1.165, 1.54) is 6.07 Å². The summed E-state index contributed by atoms with van der Waals surface area (Å²) < 4.78 is 25.2. The Hall–Kier alpha value is -0.920. The zero-order valence-electron chi connectivity index (χ0n) is 7.27. The topological polar surface area (TPSA) is 0 Å². The molecule has 1 aromatic carbocycles. The second-order valence-corrected chi connectivity index (χ2v) is 3.14. The third kappa shape index (κ3) is 1.81. The summed E-state index contributed by atoms with van der Waals surface area (Å²) in [5.41, 5.74) is 1.05. The molecule has 0 aliphatic rings. The van der Waals surface area contributed by atoms with Gasteiger partial charge in [0.25, 0.3) is 0 Å². The van der Waals surface area contributed by atoms with Gasteiger partial charge in [-0.05, 0) is 23.1 Å². The van der Waals surface area contributed by atoms with Crippen molar-refractivity contribution in [2.75, 3.05) is 0 Å². The molecule has 2 heteroatoms. The van der Waals surface area contributed by atoms with Gasteiger partial charge >= 0.3 is 0 Å². The largest absolute Gasteiger partial charge is 0.246 e. The van der Waals surface area contributed by atoms with Crippen molar-refractivity contribution >= 4 is 0 Å². The molecule has 0 nitrogen and oxygen atoms in total. The average Bonchev–Trinajstić information content (AvgIpc) is 2.03. The predicted molar refractivity (Wildman–Crippen MR) is 45.3 cm³/mol. The van der Waals surface area contributed by atoms with E-state index >= 15 is 0 Å². The van der Waals surface area contributed by atoms with Crippen LogP contribution in [0.15, 0.2) is 18.2 Å². The monoisotopic (exact) mass is 170 g/mol. The van der Waals surface area contributed by atoms with Gasteiger partial charge in [-0.2, -0.15) is 0 Å². The number of halogens is 2. The van der Waals surface area contributed by atoms with Crippen LogP contribution in [0.25, 0.3) is 0 Å². The summed E-state index contributed by atoms with van der Waals surface area (Å²) in [5, 5.41) is 0. The van der Waals surface area contributed by atoms with Gasteiger partial charge in [0.05, 0.1) is 0 Å². The van der Waals surface area contributed by atoms with Crippen molar-refractivity contribution in [2.24, 2.45) is 0 Å². The van der Waals surface area contributed by atoms with Gasteiger partial charge < -0.3 is 0 Å². The van der Waals surface area contributed by atoms with Crippen LogP contribution in [0.5, 0.6) is 0 Å². The van der Waals surface area contributed by atoms with Gasteiger partial charge in [-0.3, -0.25) is 0 Å². The predicted octanol–water partition coefficient (Wildman–Crippen LogP) is 3.42. The van der Waals surface area contributed by atoms with E-state index in [0.717, 1.165) is 0 Å². The molecule has 0 radical (unpaired) electrons. The van der Waals surface area contributed by atoms with Crippen molar-refractivity contribution in [3.05, 3.63) is 35.1 Å². The van der Waals surface area contributed by atoms with E-state index in [9.17, 15) is 8.78 Å². The Kier molecular flexibility index (Phi) is 2.79. The Morgan fingerprint density at radius 2 is 2.00 bits per heavy atom. The van der Waals surface area contributed by atoms with Crippen molar-refractivity contribution in [3.8, 4) is 0 Å². The fourth-order valence-electron chi connectivity index (χ4n) is 1.12. The van der Waals surface area contributed by atoms with Crippen LogP contribution in [0.4, 0.5) is 8.78 Å². The maximum atomic E-state index is 13.1. The van der Waals surface area contributed by atoms with E-state index in [2.05, 4.69) is 0 Å². The van der Waals surface area contributed by atoms with Crippen LogP contribution < -0.4 is 0 Å². The molecule has 0 N–H and O–H groups in total. The standard InChI is InChI=1S/C10H12F2/c1-7(2)9-4-3-8(6-11)5-10(9)12/h3-5,7H,6H2,1-2H3. The van der Waals surface area contributed by atoms with E-state index in [-0.39, 0.29) is 11.7 Å². The lowest BCUT2D eigenvalue weighted by Gasteiger charge is -2.06. The van der Waals surface area contributed by atoms with E-state index in [0.29, 0.717) is 11.1 Å². The van der Waals surface area contributed by atoms with Crippen molar-refractivity contribution in [1.29, 1.82) is 0 Å². The Morgan fingerprint density at radius 3 is 2.42 bits per heavy atom. The molecule has 0 saturated carbocycles. The second-order valence-electron chi connectivity index (χ2n) is 3.14. The van der Waals surface area contributed by atoms with Crippen molar-refractivity contribution in [3.63, 3.8) is 0 Å². The third-order valence-corrected chi connectivity index (χ3v) is 1.84. The van der Waals surface area contributed by atoms with E-state index < -0.39 is 6.67 Å². The highest BCUT2D eigenvalue weighted by Crippen LogP contribution is 2.19. The van der Waals surface area contributed by atoms with E-state index in [1.807, 2.05) is 13.8 Å². The summed E-state index contributed by atoms with van der Waals surface area (Å²) in [6, 6.07) is 4.53. The van der Waals surface area contributed by atoms with Crippen LogP contribution in [-0.2, 0) is 6.67 Å². The summed E-state index contributed by atoms with van der Waals surface area (Å²) in [6.07, 6.45) is 0. The smallest absolute Gasteiger partial charge is 0.127 e. The van der Waals surface area contributed by atoms with Gasteiger partial charge in [-0.1, -0.05) is 26.0 Å². The zero-order chi connectivity index (χ0) is 9.14. The average molecular weight is 170 g/mol. The summed E-state index contributed by atoms with van der Waals surface area (Å²) in [4.78, 5) is 0. The highest BCUT2D eigenvalue weighted by Gasteiger charge is 2.06. The first-order chi connectivity index (χ1) is 5.65. The molecule has 0 bridgehead atoms. The normalized spacial score (nSPS) is 10.8. The van der Waals surface area contributed by atoms with Gasteiger partial charge in [0.1, 0.15) is 12.5 Å². The van der Waals surface area contributed by atoms with Gasteiger partial charge in [0.2, 0.25) is 0 Å². The Balaban J connectivity index is 3.03. The van der Waals surface area contributed by atoms with Crippen LogP contribution in [-0.4, -0.2) is 0 Å². The molecule has 0 aliphatic carbocycles. The SMILES string of the molecule is CC(C)c1ccc(CF)cc1F. The second kappa shape index (κ2) is 3.65. The lowest BCUT2D eigenvalue weighted by Crippen LogP contribution is -1.93. The minimum absolute atomic E-state index is 0.152. The molecule has 0 atom stereocenters. The molecule has 0 saturated heterocycles. The summed E-state index contributed by atoms with van der Waals surface area (Å²) in [6.45, 7) is 3.22. The van der Waals surface area contributed by atoms with Gasteiger partial charge in [-0.25, -0.2) is 8.78 Å². The Labute approximate surface area is 71.2 Å². The first kappa shape index (κ1) is 9.17. The first-order valence-electron chi connectivity index (χ1n) is 3.99. The van der Waals surface area contributed by atoms with Crippen LogP contribution in [0.2, 0.25) is 0 Å². The first-order valence-corrected chi connectivity index (χ1v) is 3.99. The van der Waals surface area contributed by atoms with Gasteiger partial charge in [0, 0.05) is 0 Å². The van der Waals surface area contributed by atoms with E-state index in [4.69, 9.17) is 0 Å². The molecule has 0 aliphatic heterocycles. The molecule has 0 fully saturated rings. The van der Waals surface area contributed by atoms with Crippen LogP contribution in [0.3, 0.4) is 0 Å². The number of benzene rings is 1. The minimum atomic E-state index is -0.602. The molecule has 1 aromatic rings. The molecule has 12 heavy (non-hydrogen) atoms. The number of hydrogen-bond donors (Lipinski definition) is 0. The van der Waals surface area contributed by atoms with E-state index in [1.54, 1.807) is 12.1 Å². The highest BCUT2D eigenvalue weighted by molar-refractivity contribution is 5.26. The fourth-order valence-corrected chi connectivity index (χ4v) is 1.12. The van der Waals surface area contributed by atoms with Crippen molar-refractivity contribution < 1.29 is 8.78 Å². The lowest BCUT2D eigenvalue weighted by atomic mass is 10.0. The third-order valence-electron chi connectivity index (χ3n) is 1.84. The number of rotatable bonds is 2. The molecular weight excluding hydrogens is 158 g/mol. The zero-order valence-corrected chi connectivity index (χ0v) is 7.27. The molecule has 0 unspecified atom stereocenters. The number of alkyl halides is 1. The fraction of sp³-hybridized carbons (Fsp3) is 0.400. The van der Waals surface area contributed by atoms with Crippen molar-refractivity contribution in [1.82, 2.24) is 0 Å². The highest BCUT2D eigenvalue weighted by atomic mass is 19.1. The number of hydrogen-bond acceptors (Lipinski definition) is 0. The minimum Gasteiger partial charge on any atom is -0.246 e. The van der Waals surface area contributed by atoms with Crippen molar-refractivity contribution in [2.45, 2.75) is 26.4 Å². The van der Waals surface area contributed by atoms with Crippen LogP contribution in [0.1, 0.15) is 30.9 Å². The van der Waals surface area contributed by atoms with Crippen LogP contribution >= 0.6 is 0 Å². The maximum Gasteiger partial charge on any atom is 0.127 e. The lowest BCUT2D eigenvalue weighted by molar-refractivity contribution is 0.481. The van der Waals surface area contributed by atoms with Crippen LogP contribution in [0, 0.1) is 5.82 Å². The molecule has 0 spiro atoms.